The molecule has 0 radical (unpaired) electrons. The van der Waals surface area contributed by atoms with Crippen LogP contribution in [-0.2, 0) is 19.3 Å². The van der Waals surface area contributed by atoms with E-state index in [0.717, 1.165) is 6.20 Å². The molecule has 2 aromatic rings. The average molecular weight is 291 g/mol. The molecule has 0 aliphatic rings. The highest BCUT2D eigenvalue weighted by Crippen LogP contribution is 2.32. The number of nitrogens with two attached hydrogens (primary N) is 1. The minimum absolute atomic E-state index is 0.0721. The summed E-state index contributed by atoms with van der Waals surface area (Å²) in [5, 5.41) is 6.26. The molecular weight excluding hydrogens is 283 g/mol. The number of hydrogen-bond donors (Lipinski definition) is 1. The van der Waals surface area contributed by atoms with Gasteiger partial charge in [-0.2, -0.15) is 13.2 Å². The Balaban J connectivity index is 2.10. The van der Waals surface area contributed by atoms with E-state index in [2.05, 4.69) is 15.3 Å². The molecule has 0 bridgehead atoms. The molecule has 0 aliphatic carbocycles. The lowest BCUT2D eigenvalue weighted by Crippen LogP contribution is -2.09. The van der Waals surface area contributed by atoms with Gasteiger partial charge in [-0.3, -0.25) is 4.79 Å². The van der Waals surface area contributed by atoms with Crippen molar-refractivity contribution in [3.8, 4) is 0 Å². The Hall–Kier alpha value is -1.81. The number of thiazole rings is 1. The number of carbonyl (C=O) groups is 1. The molecule has 0 saturated heterocycles. The smallest absolute Gasteiger partial charge is 0.325 e. The number of nitrogens with zero attached hydrogens (tertiary/aromatic N) is 4. The van der Waals surface area contributed by atoms with Crippen molar-refractivity contribution in [2.75, 3.05) is 0 Å². The van der Waals surface area contributed by atoms with Gasteiger partial charge >= 0.3 is 6.18 Å². The zero-order valence-corrected chi connectivity index (χ0v) is 10.2. The maximum atomic E-state index is 12.3. The van der Waals surface area contributed by atoms with E-state index in [0.29, 0.717) is 17.0 Å². The molecule has 0 unspecified atom stereocenters. The van der Waals surface area contributed by atoms with Gasteiger partial charge in [0.25, 0.3) is 0 Å². The summed E-state index contributed by atoms with van der Waals surface area (Å²) in [5.74, 6) is -0.513. The summed E-state index contributed by atoms with van der Waals surface area (Å²) < 4.78 is 38.2. The maximum Gasteiger partial charge on any atom is 0.443 e. The number of alkyl halides is 3. The zero-order valence-electron chi connectivity index (χ0n) is 9.39. The van der Waals surface area contributed by atoms with Crippen molar-refractivity contribution < 1.29 is 18.0 Å². The number of halogens is 3. The van der Waals surface area contributed by atoms with Crippen LogP contribution in [0.4, 0.5) is 13.2 Å². The van der Waals surface area contributed by atoms with E-state index < -0.39 is 17.0 Å². The van der Waals surface area contributed by atoms with Gasteiger partial charge in [0.2, 0.25) is 0 Å². The van der Waals surface area contributed by atoms with E-state index in [9.17, 15) is 18.0 Å². The summed E-state index contributed by atoms with van der Waals surface area (Å²) in [6.45, 7) is -0.0283. The second kappa shape index (κ2) is 5.05. The topological polar surface area (TPSA) is 86.7 Å². The van der Waals surface area contributed by atoms with E-state index in [1.807, 2.05) is 0 Å². The van der Waals surface area contributed by atoms with Gasteiger partial charge in [0.15, 0.2) is 10.8 Å². The molecule has 2 rings (SSSR count). The number of carbonyl (C=O) groups excluding carboxylic acids is 1. The second-order valence-corrected chi connectivity index (χ2v) is 4.59. The highest BCUT2D eigenvalue weighted by molar-refractivity contribution is 7.13. The van der Waals surface area contributed by atoms with Gasteiger partial charge in [-0.05, 0) is 0 Å². The first kappa shape index (κ1) is 13.6. The van der Waals surface area contributed by atoms with E-state index in [1.165, 1.54) is 10.9 Å². The predicted octanol–water partition coefficient (Wildman–Crippen LogP) is 1.09. The largest absolute Gasteiger partial charge is 0.443 e. The first-order valence-electron chi connectivity index (χ1n) is 5.05. The number of ketones is 1. The second-order valence-electron chi connectivity index (χ2n) is 3.56. The lowest BCUT2D eigenvalue weighted by molar-refractivity contribution is -0.137. The molecule has 0 aliphatic heterocycles. The first-order chi connectivity index (χ1) is 8.90. The fraction of sp³-hybridized carbons (Fsp3) is 0.333. The van der Waals surface area contributed by atoms with Crippen LogP contribution in [0, 0.1) is 0 Å². The molecule has 19 heavy (non-hydrogen) atoms. The van der Waals surface area contributed by atoms with E-state index in [-0.39, 0.29) is 18.0 Å². The molecule has 2 aromatic heterocycles. The van der Waals surface area contributed by atoms with Gasteiger partial charge in [0, 0.05) is 12.7 Å². The van der Waals surface area contributed by atoms with Crippen molar-refractivity contribution in [3.63, 3.8) is 0 Å². The van der Waals surface area contributed by atoms with Gasteiger partial charge in [0.05, 0.1) is 16.8 Å². The standard InChI is InChI=1S/C9H8F3N5OS/c10-9(11,12)8-14-2-7(19-8)6(18)4-17-3-5(1-13)15-16-17/h2-3H,1,4,13H2. The van der Waals surface area contributed by atoms with Crippen LogP contribution in [0.2, 0.25) is 0 Å². The maximum absolute atomic E-state index is 12.3. The molecule has 0 atom stereocenters. The Morgan fingerprint density at radius 1 is 1.47 bits per heavy atom. The summed E-state index contributed by atoms with van der Waals surface area (Å²) in [6.07, 6.45) is -2.16. The molecule has 10 heteroatoms. The third kappa shape index (κ3) is 3.15. The summed E-state index contributed by atoms with van der Waals surface area (Å²) in [7, 11) is 0. The van der Waals surface area contributed by atoms with E-state index in [1.54, 1.807) is 0 Å². The summed E-state index contributed by atoms with van der Waals surface area (Å²) >= 11 is 0.308. The molecule has 0 aromatic carbocycles. The highest BCUT2D eigenvalue weighted by Gasteiger charge is 2.35. The lowest BCUT2D eigenvalue weighted by Gasteiger charge is -1.99. The Labute approximate surface area is 109 Å². The van der Waals surface area contributed by atoms with Crippen LogP contribution in [0.5, 0.6) is 0 Å². The van der Waals surface area contributed by atoms with Gasteiger partial charge in [-0.1, -0.05) is 5.21 Å². The van der Waals surface area contributed by atoms with Crippen LogP contribution < -0.4 is 5.73 Å². The van der Waals surface area contributed by atoms with Crippen LogP contribution in [0.15, 0.2) is 12.4 Å². The number of rotatable bonds is 4. The van der Waals surface area contributed by atoms with Crippen molar-refractivity contribution >= 4 is 17.1 Å². The average Bonchev–Trinajstić information content (AvgIpc) is 2.96. The Morgan fingerprint density at radius 3 is 2.74 bits per heavy atom. The van der Waals surface area contributed by atoms with Crippen molar-refractivity contribution in [1.82, 2.24) is 20.0 Å². The minimum Gasteiger partial charge on any atom is -0.325 e. The van der Waals surface area contributed by atoms with Crippen LogP contribution in [0.3, 0.4) is 0 Å². The molecule has 0 amide bonds. The monoisotopic (exact) mass is 291 g/mol. The molecule has 0 saturated carbocycles. The summed E-state index contributed by atoms with van der Waals surface area (Å²) in [5.41, 5.74) is 5.82. The number of aromatic nitrogens is 4. The Morgan fingerprint density at radius 2 is 2.21 bits per heavy atom. The van der Waals surface area contributed by atoms with Crippen LogP contribution in [0.1, 0.15) is 20.4 Å². The van der Waals surface area contributed by atoms with Crippen molar-refractivity contribution in [2.24, 2.45) is 5.73 Å². The summed E-state index contributed by atoms with van der Waals surface area (Å²) in [6, 6.07) is 0. The number of Topliss-reactive ketones (excluding diaryl/α,β-unsaturated/α-hetero) is 1. The van der Waals surface area contributed by atoms with Crippen LogP contribution in [-0.4, -0.2) is 25.8 Å². The normalized spacial score (nSPS) is 11.8. The van der Waals surface area contributed by atoms with E-state index >= 15 is 0 Å². The summed E-state index contributed by atoms with van der Waals surface area (Å²) in [4.78, 5) is 14.8. The predicted molar refractivity (Wildman–Crippen MR) is 59.4 cm³/mol. The van der Waals surface area contributed by atoms with E-state index in [4.69, 9.17) is 5.73 Å². The van der Waals surface area contributed by atoms with Crippen molar-refractivity contribution in [3.05, 3.63) is 28.0 Å². The van der Waals surface area contributed by atoms with Crippen LogP contribution >= 0.6 is 11.3 Å². The van der Waals surface area contributed by atoms with Gasteiger partial charge in [-0.15, -0.1) is 16.4 Å². The molecule has 102 valence electrons. The van der Waals surface area contributed by atoms with Gasteiger partial charge in [0.1, 0.15) is 6.54 Å². The third-order valence-electron chi connectivity index (χ3n) is 2.12. The van der Waals surface area contributed by atoms with Crippen molar-refractivity contribution in [1.29, 1.82) is 0 Å². The van der Waals surface area contributed by atoms with Gasteiger partial charge in [-0.25, -0.2) is 9.67 Å². The molecule has 0 fully saturated rings. The third-order valence-corrected chi connectivity index (χ3v) is 3.21. The Bertz CT molecular complexity index is 591. The fourth-order valence-corrected chi connectivity index (χ4v) is 1.98. The number of hydrogen-bond acceptors (Lipinski definition) is 6. The zero-order chi connectivity index (χ0) is 14.0. The molecular formula is C9H8F3N5OS. The minimum atomic E-state index is -4.54. The van der Waals surface area contributed by atoms with Gasteiger partial charge < -0.3 is 5.73 Å². The SMILES string of the molecule is NCc1cn(CC(=O)c2cnc(C(F)(F)F)s2)nn1. The lowest BCUT2D eigenvalue weighted by atomic mass is 10.3. The molecule has 0 spiro atoms. The van der Waals surface area contributed by atoms with Crippen LogP contribution in [0.25, 0.3) is 0 Å². The Kier molecular flexibility index (Phi) is 3.62. The highest BCUT2D eigenvalue weighted by atomic mass is 32.1. The molecule has 6 nitrogen and oxygen atoms in total. The molecule has 2 heterocycles. The fourth-order valence-electron chi connectivity index (χ4n) is 1.27. The van der Waals surface area contributed by atoms with Crippen molar-refractivity contribution in [2.45, 2.75) is 19.3 Å². The first-order valence-corrected chi connectivity index (χ1v) is 5.87. The quantitative estimate of drug-likeness (QED) is 0.852. The molecule has 2 N–H and O–H groups in total.